The van der Waals surface area contributed by atoms with E-state index < -0.39 is 0 Å². The van der Waals surface area contributed by atoms with Crippen LogP contribution in [-0.4, -0.2) is 79.7 Å². The predicted octanol–water partition coefficient (Wildman–Crippen LogP) is 2.03. The fourth-order valence-corrected chi connectivity index (χ4v) is 4.08. The van der Waals surface area contributed by atoms with Gasteiger partial charge in [-0.3, -0.25) is 9.69 Å². The van der Waals surface area contributed by atoms with Gasteiger partial charge in [-0.15, -0.1) is 0 Å². The normalized spacial score (nSPS) is 21.2. The summed E-state index contributed by atoms with van der Waals surface area (Å²) in [6, 6.07) is 6.93. The molecule has 0 radical (unpaired) electrons. The van der Waals surface area contributed by atoms with Gasteiger partial charge >= 0.3 is 0 Å². The number of oxazole rings is 1. The van der Waals surface area contributed by atoms with Crippen molar-refractivity contribution in [3.63, 3.8) is 0 Å². The number of halogens is 1. The second kappa shape index (κ2) is 8.92. The SMILES string of the molecule is Cc1ocnc1C(=O)N1CCOCC(CN2CCN(c3ccccc3F)CC2)C1. The third-order valence-corrected chi connectivity index (χ3v) is 5.65. The van der Waals surface area contributed by atoms with Crippen LogP contribution in [0.15, 0.2) is 35.1 Å². The zero-order chi connectivity index (χ0) is 20.2. The number of nitrogens with zero attached hydrogens (tertiary/aromatic N) is 4. The highest BCUT2D eigenvalue weighted by Gasteiger charge is 2.28. The number of amides is 1. The Labute approximate surface area is 170 Å². The number of rotatable bonds is 4. The van der Waals surface area contributed by atoms with E-state index >= 15 is 0 Å². The standard InChI is InChI=1S/C21H27FN4O3/c1-16-20(23-15-29-16)21(27)26-10-11-28-14-17(13-26)12-24-6-8-25(9-7-24)19-5-3-2-4-18(19)22/h2-5,15,17H,6-14H2,1H3. The third kappa shape index (κ3) is 4.59. The maximum absolute atomic E-state index is 14.0. The first-order valence-electron chi connectivity index (χ1n) is 10.1. The van der Waals surface area contributed by atoms with Gasteiger partial charge in [-0.05, 0) is 19.1 Å². The van der Waals surface area contributed by atoms with Crippen molar-refractivity contribution in [1.29, 1.82) is 0 Å². The van der Waals surface area contributed by atoms with Crippen molar-refractivity contribution in [1.82, 2.24) is 14.8 Å². The molecule has 1 amide bonds. The van der Waals surface area contributed by atoms with Crippen molar-refractivity contribution in [2.45, 2.75) is 6.92 Å². The Kier molecular flexibility index (Phi) is 6.10. The van der Waals surface area contributed by atoms with E-state index in [0.29, 0.717) is 43.4 Å². The van der Waals surface area contributed by atoms with E-state index in [1.54, 1.807) is 13.0 Å². The van der Waals surface area contributed by atoms with Crippen LogP contribution >= 0.6 is 0 Å². The van der Waals surface area contributed by atoms with Gasteiger partial charge in [-0.1, -0.05) is 12.1 Å². The van der Waals surface area contributed by atoms with Crippen molar-refractivity contribution < 1.29 is 18.3 Å². The topological polar surface area (TPSA) is 62.1 Å². The molecule has 0 saturated carbocycles. The number of hydrogen-bond donors (Lipinski definition) is 0. The first kappa shape index (κ1) is 19.8. The molecule has 3 heterocycles. The van der Waals surface area contributed by atoms with Crippen LogP contribution in [-0.2, 0) is 4.74 Å². The predicted molar refractivity (Wildman–Crippen MR) is 107 cm³/mol. The van der Waals surface area contributed by atoms with Crippen molar-refractivity contribution in [2.75, 3.05) is 63.9 Å². The molecule has 156 valence electrons. The van der Waals surface area contributed by atoms with Gasteiger partial charge in [0.2, 0.25) is 0 Å². The number of para-hydroxylation sites is 1. The molecular formula is C21H27FN4O3. The fourth-order valence-electron chi connectivity index (χ4n) is 4.08. The smallest absolute Gasteiger partial charge is 0.276 e. The first-order chi connectivity index (χ1) is 14.1. The van der Waals surface area contributed by atoms with E-state index in [-0.39, 0.29) is 17.6 Å². The lowest BCUT2D eigenvalue weighted by Crippen LogP contribution is -2.49. The molecule has 2 aromatic rings. The van der Waals surface area contributed by atoms with Gasteiger partial charge < -0.3 is 19.0 Å². The highest BCUT2D eigenvalue weighted by molar-refractivity contribution is 5.93. The number of piperazine rings is 1. The molecule has 1 aromatic carbocycles. The summed E-state index contributed by atoms with van der Waals surface area (Å²) in [6.07, 6.45) is 1.31. The quantitative estimate of drug-likeness (QED) is 0.780. The Balaban J connectivity index is 1.33. The number of hydrogen-bond acceptors (Lipinski definition) is 6. The van der Waals surface area contributed by atoms with Crippen molar-refractivity contribution in [2.24, 2.45) is 5.92 Å². The molecular weight excluding hydrogens is 375 g/mol. The molecule has 1 atom stereocenters. The lowest BCUT2D eigenvalue weighted by molar-refractivity contribution is 0.0725. The molecule has 2 aliphatic rings. The summed E-state index contributed by atoms with van der Waals surface area (Å²) < 4.78 is 25.0. The van der Waals surface area contributed by atoms with E-state index in [2.05, 4.69) is 14.8 Å². The third-order valence-electron chi connectivity index (χ3n) is 5.65. The van der Waals surface area contributed by atoms with Crippen LogP contribution in [0.5, 0.6) is 0 Å². The maximum Gasteiger partial charge on any atom is 0.276 e. The summed E-state index contributed by atoms with van der Waals surface area (Å²) in [5.74, 6) is 0.501. The van der Waals surface area contributed by atoms with Gasteiger partial charge in [0, 0.05) is 51.7 Å². The Bertz CT molecular complexity index is 835. The van der Waals surface area contributed by atoms with E-state index in [9.17, 15) is 9.18 Å². The van der Waals surface area contributed by atoms with Gasteiger partial charge in [0.05, 0.1) is 18.9 Å². The second-order valence-corrected chi connectivity index (χ2v) is 7.69. The summed E-state index contributed by atoms with van der Waals surface area (Å²) >= 11 is 0. The maximum atomic E-state index is 14.0. The largest absolute Gasteiger partial charge is 0.448 e. The van der Waals surface area contributed by atoms with Gasteiger partial charge in [0.15, 0.2) is 12.1 Å². The number of ether oxygens (including phenoxy) is 1. The Hall–Kier alpha value is -2.45. The Morgan fingerprint density at radius 2 is 2.00 bits per heavy atom. The molecule has 2 saturated heterocycles. The molecule has 8 heteroatoms. The fraction of sp³-hybridized carbons (Fsp3) is 0.524. The molecule has 0 bridgehead atoms. The van der Waals surface area contributed by atoms with Gasteiger partial charge in [0.25, 0.3) is 5.91 Å². The van der Waals surface area contributed by atoms with Crippen LogP contribution in [0, 0.1) is 18.7 Å². The van der Waals surface area contributed by atoms with Crippen LogP contribution in [0.2, 0.25) is 0 Å². The van der Waals surface area contributed by atoms with Gasteiger partial charge in [0.1, 0.15) is 11.6 Å². The summed E-state index contributed by atoms with van der Waals surface area (Å²) in [4.78, 5) is 23.1. The van der Waals surface area contributed by atoms with E-state index in [4.69, 9.17) is 9.15 Å². The minimum absolute atomic E-state index is 0.101. The van der Waals surface area contributed by atoms with Crippen LogP contribution in [0.3, 0.4) is 0 Å². The molecule has 0 spiro atoms. The van der Waals surface area contributed by atoms with E-state index in [0.717, 1.165) is 32.7 Å². The number of benzene rings is 1. The lowest BCUT2D eigenvalue weighted by atomic mass is 10.1. The number of aromatic nitrogens is 1. The Morgan fingerprint density at radius 1 is 1.21 bits per heavy atom. The van der Waals surface area contributed by atoms with Gasteiger partial charge in [-0.25, -0.2) is 9.37 Å². The minimum atomic E-state index is -0.171. The molecule has 29 heavy (non-hydrogen) atoms. The molecule has 0 N–H and O–H groups in total. The second-order valence-electron chi connectivity index (χ2n) is 7.69. The van der Waals surface area contributed by atoms with Crippen LogP contribution in [0.4, 0.5) is 10.1 Å². The zero-order valence-electron chi connectivity index (χ0n) is 16.7. The van der Waals surface area contributed by atoms with Crippen molar-refractivity contribution >= 4 is 11.6 Å². The molecule has 2 aliphatic heterocycles. The average Bonchev–Trinajstić information content (AvgIpc) is 3.02. The van der Waals surface area contributed by atoms with Crippen LogP contribution in [0.1, 0.15) is 16.2 Å². The monoisotopic (exact) mass is 402 g/mol. The molecule has 4 rings (SSSR count). The van der Waals surface area contributed by atoms with E-state index in [1.165, 1.54) is 12.5 Å². The summed E-state index contributed by atoms with van der Waals surface area (Å²) in [6.45, 7) is 8.26. The average molecular weight is 402 g/mol. The molecule has 7 nitrogen and oxygen atoms in total. The Morgan fingerprint density at radius 3 is 2.72 bits per heavy atom. The zero-order valence-corrected chi connectivity index (χ0v) is 16.7. The minimum Gasteiger partial charge on any atom is -0.448 e. The molecule has 0 aliphatic carbocycles. The van der Waals surface area contributed by atoms with Crippen LogP contribution < -0.4 is 4.90 Å². The number of carbonyl (C=O) groups excluding carboxylic acids is 1. The molecule has 1 unspecified atom stereocenters. The summed E-state index contributed by atoms with van der Waals surface area (Å²) in [7, 11) is 0. The highest BCUT2D eigenvalue weighted by Crippen LogP contribution is 2.21. The summed E-state index contributed by atoms with van der Waals surface area (Å²) in [5, 5.41) is 0. The summed E-state index contributed by atoms with van der Waals surface area (Å²) in [5.41, 5.74) is 1.05. The molecule has 2 fully saturated rings. The lowest BCUT2D eigenvalue weighted by Gasteiger charge is -2.38. The van der Waals surface area contributed by atoms with Crippen molar-refractivity contribution in [3.05, 3.63) is 47.9 Å². The highest BCUT2D eigenvalue weighted by atomic mass is 19.1. The first-order valence-corrected chi connectivity index (χ1v) is 10.1. The number of aryl methyl sites for hydroxylation is 1. The van der Waals surface area contributed by atoms with Crippen LogP contribution in [0.25, 0.3) is 0 Å². The van der Waals surface area contributed by atoms with Crippen molar-refractivity contribution in [3.8, 4) is 0 Å². The number of carbonyl (C=O) groups is 1. The van der Waals surface area contributed by atoms with E-state index in [1.807, 2.05) is 17.0 Å². The number of anilines is 1. The van der Waals surface area contributed by atoms with Gasteiger partial charge in [-0.2, -0.15) is 0 Å². The molecule has 1 aromatic heterocycles.